The molecule has 3 rings (SSSR count). The Balaban J connectivity index is 1.82. The summed E-state index contributed by atoms with van der Waals surface area (Å²) in [6.07, 6.45) is 2.62. The van der Waals surface area contributed by atoms with Crippen LogP contribution in [0.25, 0.3) is 0 Å². The van der Waals surface area contributed by atoms with Crippen molar-refractivity contribution in [1.29, 1.82) is 0 Å². The number of nitrogens with one attached hydrogen (secondary N) is 1. The van der Waals surface area contributed by atoms with Gasteiger partial charge in [-0.2, -0.15) is 0 Å². The monoisotopic (exact) mass is 479 g/mol. The van der Waals surface area contributed by atoms with Crippen LogP contribution in [0, 0.1) is 13.8 Å². The highest BCUT2D eigenvalue weighted by Gasteiger charge is 2.14. The van der Waals surface area contributed by atoms with E-state index >= 15 is 0 Å². The molecule has 0 saturated heterocycles. The van der Waals surface area contributed by atoms with Crippen LogP contribution in [0.3, 0.4) is 0 Å². The fourth-order valence-corrected chi connectivity index (χ4v) is 3.61. The van der Waals surface area contributed by atoms with Crippen LogP contribution >= 0.6 is 15.9 Å². The Labute approximate surface area is 194 Å². The van der Waals surface area contributed by atoms with Crippen molar-refractivity contribution >= 4 is 21.6 Å². The summed E-state index contributed by atoms with van der Waals surface area (Å²) >= 11 is 3.47. The van der Waals surface area contributed by atoms with Crippen LogP contribution < -0.4 is 14.8 Å². The minimum absolute atomic E-state index is 0.484. The number of hydrogen-bond acceptors (Lipinski definition) is 3. The molecule has 0 aliphatic carbocycles. The van der Waals surface area contributed by atoms with Gasteiger partial charge in [0.2, 0.25) is 0 Å². The topological polar surface area (TPSA) is 30.5 Å². The van der Waals surface area contributed by atoms with Crippen molar-refractivity contribution in [2.24, 2.45) is 0 Å². The number of hydrogen-bond donors (Lipinski definition) is 1. The summed E-state index contributed by atoms with van der Waals surface area (Å²) in [5.41, 5.74) is 7.02. The van der Waals surface area contributed by atoms with Crippen molar-refractivity contribution in [1.82, 2.24) is 0 Å². The highest BCUT2D eigenvalue weighted by atomic mass is 79.9. The van der Waals surface area contributed by atoms with Crippen LogP contribution in [0.2, 0.25) is 0 Å². The van der Waals surface area contributed by atoms with E-state index in [9.17, 15) is 0 Å². The Morgan fingerprint density at radius 2 is 1.71 bits per heavy atom. The maximum absolute atomic E-state index is 6.24. The Bertz CT molecular complexity index is 1030. The molecule has 0 bridgehead atoms. The number of rotatable bonds is 10. The van der Waals surface area contributed by atoms with E-state index in [1.165, 1.54) is 11.1 Å². The van der Waals surface area contributed by atoms with Crippen molar-refractivity contribution in [3.63, 3.8) is 0 Å². The van der Waals surface area contributed by atoms with E-state index in [0.717, 1.165) is 38.3 Å². The van der Waals surface area contributed by atoms with Gasteiger partial charge in [0.15, 0.2) is 11.5 Å². The largest absolute Gasteiger partial charge is 0.490 e. The quantitative estimate of drug-likeness (QED) is 0.307. The van der Waals surface area contributed by atoms with Gasteiger partial charge in [-0.05, 0) is 85.8 Å². The molecular formula is C27H30BrNO2. The smallest absolute Gasteiger partial charge is 0.165 e. The van der Waals surface area contributed by atoms with Crippen LogP contribution in [0.5, 0.6) is 11.5 Å². The summed E-state index contributed by atoms with van der Waals surface area (Å²) < 4.78 is 13.3. The third-order valence-corrected chi connectivity index (χ3v) is 5.68. The lowest BCUT2D eigenvalue weighted by atomic mass is 10.0. The van der Waals surface area contributed by atoms with E-state index in [0.29, 0.717) is 26.2 Å². The summed E-state index contributed by atoms with van der Waals surface area (Å²) in [5, 5.41) is 3.52. The molecule has 3 aromatic carbocycles. The summed E-state index contributed by atoms with van der Waals surface area (Å²) in [4.78, 5) is 0. The molecule has 0 amide bonds. The molecule has 3 nitrogen and oxygen atoms in total. The third kappa shape index (κ3) is 6.38. The van der Waals surface area contributed by atoms with Gasteiger partial charge in [-0.1, -0.05) is 40.2 Å². The lowest BCUT2D eigenvalue weighted by Gasteiger charge is -2.18. The molecule has 0 heterocycles. The summed E-state index contributed by atoms with van der Waals surface area (Å²) in [6.45, 7) is 11.9. The predicted octanol–water partition coefficient (Wildman–Crippen LogP) is 7.38. The molecule has 162 valence electrons. The van der Waals surface area contributed by atoms with Gasteiger partial charge in [0.05, 0.1) is 6.61 Å². The van der Waals surface area contributed by atoms with Crippen LogP contribution in [0.15, 0.2) is 71.7 Å². The van der Waals surface area contributed by atoms with E-state index in [2.05, 4.69) is 84.1 Å². The van der Waals surface area contributed by atoms with E-state index in [1.54, 1.807) is 0 Å². The maximum Gasteiger partial charge on any atom is 0.165 e. The van der Waals surface area contributed by atoms with E-state index in [4.69, 9.17) is 9.47 Å². The molecule has 3 aromatic rings. The Kier molecular flexibility index (Phi) is 8.19. The van der Waals surface area contributed by atoms with Gasteiger partial charge >= 0.3 is 0 Å². The first-order valence-electron chi connectivity index (χ1n) is 10.6. The second-order valence-electron chi connectivity index (χ2n) is 7.58. The van der Waals surface area contributed by atoms with Crippen LogP contribution in [-0.4, -0.2) is 6.61 Å². The van der Waals surface area contributed by atoms with Crippen molar-refractivity contribution in [3.05, 3.63) is 99.5 Å². The number of anilines is 1. The van der Waals surface area contributed by atoms with Crippen molar-refractivity contribution in [2.45, 2.75) is 40.3 Å². The molecule has 0 fully saturated rings. The lowest BCUT2D eigenvalue weighted by Crippen LogP contribution is -2.06. The molecule has 0 aliphatic heterocycles. The molecule has 31 heavy (non-hydrogen) atoms. The lowest BCUT2D eigenvalue weighted by molar-refractivity contribution is 0.267. The molecule has 1 N–H and O–H groups in total. The summed E-state index contributed by atoms with van der Waals surface area (Å²) in [6, 6.07) is 18.8. The minimum Gasteiger partial charge on any atom is -0.490 e. The Hall–Kier alpha value is -2.72. The van der Waals surface area contributed by atoms with Crippen molar-refractivity contribution < 1.29 is 9.47 Å². The SMILES string of the molecule is C=CCc1cc(CNc2ccc(C)c(C)c2)cc(OCC)c1OCc1ccc(Br)cc1. The fourth-order valence-electron chi connectivity index (χ4n) is 3.35. The highest BCUT2D eigenvalue weighted by molar-refractivity contribution is 9.10. The number of ether oxygens (including phenoxy) is 2. The maximum atomic E-state index is 6.24. The standard InChI is InChI=1S/C27H30BrNO2/c1-5-7-23-15-22(17-29-25-13-8-19(3)20(4)14-25)16-26(30-6-2)27(23)31-18-21-9-11-24(28)12-10-21/h5,8-16,29H,1,6-7,17-18H2,2-4H3. The van der Waals surface area contributed by atoms with Gasteiger partial charge in [-0.25, -0.2) is 0 Å². The number of allylic oxidation sites excluding steroid dienone is 1. The molecule has 4 heteroatoms. The minimum atomic E-state index is 0.484. The molecule has 0 aromatic heterocycles. The van der Waals surface area contributed by atoms with Crippen molar-refractivity contribution in [2.75, 3.05) is 11.9 Å². The molecule has 0 aliphatic rings. The number of aryl methyl sites for hydroxylation is 2. The van der Waals surface area contributed by atoms with Gasteiger partial charge in [0.25, 0.3) is 0 Å². The Morgan fingerprint density at radius 1 is 0.935 bits per heavy atom. The zero-order valence-electron chi connectivity index (χ0n) is 18.5. The molecule has 0 atom stereocenters. The van der Waals surface area contributed by atoms with E-state index in [-0.39, 0.29) is 0 Å². The van der Waals surface area contributed by atoms with E-state index < -0.39 is 0 Å². The van der Waals surface area contributed by atoms with E-state index in [1.807, 2.05) is 25.1 Å². The predicted molar refractivity (Wildman–Crippen MR) is 133 cm³/mol. The molecular weight excluding hydrogens is 450 g/mol. The van der Waals surface area contributed by atoms with Gasteiger partial charge in [-0.15, -0.1) is 6.58 Å². The molecule has 0 spiro atoms. The number of halogens is 1. The van der Waals surface area contributed by atoms with Gasteiger partial charge in [0.1, 0.15) is 6.61 Å². The van der Waals surface area contributed by atoms with Crippen LogP contribution in [0.4, 0.5) is 5.69 Å². The number of benzene rings is 3. The summed E-state index contributed by atoms with van der Waals surface area (Å²) in [7, 11) is 0. The molecule has 0 radical (unpaired) electrons. The average Bonchev–Trinajstić information content (AvgIpc) is 2.75. The second kappa shape index (κ2) is 11.1. The molecule has 0 saturated carbocycles. The first kappa shape index (κ1) is 23.0. The average molecular weight is 480 g/mol. The zero-order chi connectivity index (χ0) is 22.2. The van der Waals surface area contributed by atoms with Gasteiger partial charge in [-0.3, -0.25) is 0 Å². The summed E-state index contributed by atoms with van der Waals surface area (Å²) in [5.74, 6) is 1.57. The fraction of sp³-hybridized carbons (Fsp3) is 0.259. The molecule has 0 unspecified atom stereocenters. The third-order valence-electron chi connectivity index (χ3n) is 5.16. The Morgan fingerprint density at radius 3 is 2.39 bits per heavy atom. The zero-order valence-corrected chi connectivity index (χ0v) is 20.1. The van der Waals surface area contributed by atoms with Gasteiger partial charge in [0, 0.05) is 22.3 Å². The highest BCUT2D eigenvalue weighted by Crippen LogP contribution is 2.35. The van der Waals surface area contributed by atoms with Crippen molar-refractivity contribution in [3.8, 4) is 11.5 Å². The first-order chi connectivity index (χ1) is 15.0. The van der Waals surface area contributed by atoms with Crippen LogP contribution in [-0.2, 0) is 19.6 Å². The first-order valence-corrected chi connectivity index (χ1v) is 11.4. The van der Waals surface area contributed by atoms with Gasteiger partial charge < -0.3 is 14.8 Å². The second-order valence-corrected chi connectivity index (χ2v) is 8.49. The van der Waals surface area contributed by atoms with Crippen LogP contribution in [0.1, 0.15) is 34.7 Å². The normalized spacial score (nSPS) is 10.6.